The lowest BCUT2D eigenvalue weighted by Gasteiger charge is -2.32. The van der Waals surface area contributed by atoms with Crippen LogP contribution in [-0.2, 0) is 9.31 Å². The van der Waals surface area contributed by atoms with Gasteiger partial charge in [0, 0.05) is 0 Å². The van der Waals surface area contributed by atoms with E-state index < -0.39 is 7.12 Å². The van der Waals surface area contributed by atoms with Gasteiger partial charge in [-0.15, -0.1) is 0 Å². The molecular formula is C18H20BClO3. The quantitative estimate of drug-likeness (QED) is 0.779. The predicted molar refractivity (Wildman–Crippen MR) is 93.7 cm³/mol. The number of benzene rings is 2. The van der Waals surface area contributed by atoms with E-state index in [0.717, 1.165) is 11.2 Å². The third-order valence-corrected chi connectivity index (χ3v) is 4.75. The second kappa shape index (κ2) is 5.86. The van der Waals surface area contributed by atoms with Gasteiger partial charge in [0.15, 0.2) is 0 Å². The van der Waals surface area contributed by atoms with Crippen molar-refractivity contribution in [2.45, 2.75) is 38.9 Å². The van der Waals surface area contributed by atoms with Crippen LogP contribution in [0, 0.1) is 0 Å². The molecule has 23 heavy (non-hydrogen) atoms. The highest BCUT2D eigenvalue weighted by atomic mass is 35.5. The molecular weight excluding hydrogens is 310 g/mol. The zero-order valence-corrected chi connectivity index (χ0v) is 14.6. The summed E-state index contributed by atoms with van der Waals surface area (Å²) < 4.78 is 17.9. The van der Waals surface area contributed by atoms with Crippen molar-refractivity contribution in [3.05, 3.63) is 53.6 Å². The van der Waals surface area contributed by atoms with Gasteiger partial charge in [-0.25, -0.2) is 0 Å². The van der Waals surface area contributed by atoms with Crippen molar-refractivity contribution in [1.29, 1.82) is 0 Å². The van der Waals surface area contributed by atoms with Crippen molar-refractivity contribution in [1.82, 2.24) is 0 Å². The molecule has 120 valence electrons. The summed E-state index contributed by atoms with van der Waals surface area (Å²) >= 11 is 6.36. The molecule has 3 rings (SSSR count). The molecule has 2 aromatic rings. The predicted octanol–water partition coefficient (Wildman–Crippen LogP) is 4.43. The van der Waals surface area contributed by atoms with E-state index in [1.165, 1.54) is 0 Å². The molecule has 0 bridgehead atoms. The Morgan fingerprint density at radius 1 is 0.913 bits per heavy atom. The van der Waals surface area contributed by atoms with Crippen LogP contribution in [-0.4, -0.2) is 18.3 Å². The Morgan fingerprint density at radius 3 is 2.09 bits per heavy atom. The minimum Gasteiger partial charge on any atom is -0.456 e. The van der Waals surface area contributed by atoms with Gasteiger partial charge in [-0.2, -0.15) is 0 Å². The zero-order chi connectivity index (χ0) is 16.7. The van der Waals surface area contributed by atoms with Crippen LogP contribution in [0.1, 0.15) is 27.7 Å². The summed E-state index contributed by atoms with van der Waals surface area (Å²) in [6, 6.07) is 15.2. The fourth-order valence-corrected chi connectivity index (χ4v) is 2.57. The molecule has 0 saturated carbocycles. The van der Waals surface area contributed by atoms with Gasteiger partial charge in [-0.3, -0.25) is 0 Å². The lowest BCUT2D eigenvalue weighted by molar-refractivity contribution is 0.00578. The molecule has 1 aliphatic heterocycles. The lowest BCUT2D eigenvalue weighted by atomic mass is 9.79. The van der Waals surface area contributed by atoms with Gasteiger partial charge in [0.2, 0.25) is 0 Å². The SMILES string of the molecule is CC1(C)OB(c2ccc(Oc3ccccc3)c(Cl)c2)OC1(C)C. The van der Waals surface area contributed by atoms with Crippen LogP contribution in [0.5, 0.6) is 11.5 Å². The van der Waals surface area contributed by atoms with Crippen molar-refractivity contribution in [3.8, 4) is 11.5 Å². The molecule has 0 amide bonds. The number of rotatable bonds is 3. The number of halogens is 1. The second-order valence-electron chi connectivity index (χ2n) is 6.69. The molecule has 0 unspecified atom stereocenters. The molecule has 0 aromatic heterocycles. The molecule has 1 saturated heterocycles. The molecule has 0 spiro atoms. The van der Waals surface area contributed by atoms with Gasteiger partial charge in [0.05, 0.1) is 16.2 Å². The summed E-state index contributed by atoms with van der Waals surface area (Å²) in [5.41, 5.74) is 0.140. The molecule has 1 heterocycles. The van der Waals surface area contributed by atoms with Gasteiger partial charge in [-0.1, -0.05) is 35.9 Å². The van der Waals surface area contributed by atoms with E-state index in [2.05, 4.69) is 0 Å². The van der Waals surface area contributed by atoms with Crippen molar-refractivity contribution >= 4 is 24.2 Å². The van der Waals surface area contributed by atoms with Gasteiger partial charge in [-0.05, 0) is 57.4 Å². The number of ether oxygens (including phenoxy) is 1. The number of para-hydroxylation sites is 1. The average Bonchev–Trinajstić information content (AvgIpc) is 2.71. The third kappa shape index (κ3) is 3.25. The average molecular weight is 331 g/mol. The first kappa shape index (κ1) is 16.4. The van der Waals surface area contributed by atoms with Crippen LogP contribution in [0.25, 0.3) is 0 Å². The first-order valence-electron chi connectivity index (χ1n) is 7.66. The largest absolute Gasteiger partial charge is 0.494 e. The summed E-state index contributed by atoms with van der Waals surface area (Å²) in [6.45, 7) is 8.12. The van der Waals surface area contributed by atoms with E-state index in [-0.39, 0.29) is 11.2 Å². The molecule has 1 aliphatic rings. The minimum absolute atomic E-state index is 0.372. The maximum Gasteiger partial charge on any atom is 0.494 e. The van der Waals surface area contributed by atoms with Crippen LogP contribution < -0.4 is 10.2 Å². The Kier molecular flexibility index (Phi) is 4.17. The van der Waals surface area contributed by atoms with Gasteiger partial charge in [0.1, 0.15) is 11.5 Å². The van der Waals surface area contributed by atoms with E-state index >= 15 is 0 Å². The smallest absolute Gasteiger partial charge is 0.456 e. The molecule has 1 fully saturated rings. The molecule has 0 N–H and O–H groups in total. The summed E-state index contributed by atoms with van der Waals surface area (Å²) in [5, 5.41) is 0.529. The third-order valence-electron chi connectivity index (χ3n) is 4.45. The van der Waals surface area contributed by atoms with Crippen molar-refractivity contribution < 1.29 is 14.0 Å². The molecule has 0 radical (unpaired) electrons. The van der Waals surface area contributed by atoms with Crippen molar-refractivity contribution in [3.63, 3.8) is 0 Å². The van der Waals surface area contributed by atoms with Crippen LogP contribution >= 0.6 is 11.6 Å². The van der Waals surface area contributed by atoms with E-state index in [1.807, 2.05) is 76.2 Å². The molecule has 5 heteroatoms. The molecule has 0 aliphatic carbocycles. The topological polar surface area (TPSA) is 27.7 Å². The normalized spacial score (nSPS) is 18.9. The summed E-state index contributed by atoms with van der Waals surface area (Å²) in [5.74, 6) is 1.36. The van der Waals surface area contributed by atoms with Crippen molar-refractivity contribution in [2.24, 2.45) is 0 Å². The second-order valence-corrected chi connectivity index (χ2v) is 7.10. The summed E-state index contributed by atoms with van der Waals surface area (Å²) in [6.07, 6.45) is 0. The van der Waals surface area contributed by atoms with E-state index in [0.29, 0.717) is 10.8 Å². The van der Waals surface area contributed by atoms with Crippen LogP contribution in [0.3, 0.4) is 0 Å². The van der Waals surface area contributed by atoms with E-state index in [4.69, 9.17) is 25.6 Å². The fraction of sp³-hybridized carbons (Fsp3) is 0.333. The van der Waals surface area contributed by atoms with Crippen molar-refractivity contribution in [2.75, 3.05) is 0 Å². The van der Waals surface area contributed by atoms with Gasteiger partial charge >= 0.3 is 7.12 Å². The minimum atomic E-state index is -0.428. The maximum absolute atomic E-state index is 6.36. The Balaban J connectivity index is 1.81. The molecule has 3 nitrogen and oxygen atoms in total. The van der Waals surface area contributed by atoms with Gasteiger partial charge in [0.25, 0.3) is 0 Å². The van der Waals surface area contributed by atoms with Crippen LogP contribution in [0.2, 0.25) is 5.02 Å². The zero-order valence-electron chi connectivity index (χ0n) is 13.8. The first-order chi connectivity index (χ1) is 10.8. The first-order valence-corrected chi connectivity index (χ1v) is 8.04. The van der Waals surface area contributed by atoms with Crippen LogP contribution in [0.15, 0.2) is 48.5 Å². The Labute approximate surface area is 142 Å². The Hall–Kier alpha value is -1.49. The molecule has 0 atom stereocenters. The number of hydrogen-bond acceptors (Lipinski definition) is 3. The maximum atomic E-state index is 6.36. The highest BCUT2D eigenvalue weighted by Crippen LogP contribution is 2.37. The summed E-state index contributed by atoms with van der Waals surface area (Å²) in [4.78, 5) is 0. The highest BCUT2D eigenvalue weighted by Gasteiger charge is 2.51. The number of hydrogen-bond donors (Lipinski definition) is 0. The highest BCUT2D eigenvalue weighted by molar-refractivity contribution is 6.62. The lowest BCUT2D eigenvalue weighted by Crippen LogP contribution is -2.41. The van der Waals surface area contributed by atoms with Crippen LogP contribution in [0.4, 0.5) is 0 Å². The fourth-order valence-electron chi connectivity index (χ4n) is 2.34. The van der Waals surface area contributed by atoms with E-state index in [1.54, 1.807) is 0 Å². The Morgan fingerprint density at radius 2 is 1.52 bits per heavy atom. The Bertz CT molecular complexity index is 685. The summed E-state index contributed by atoms with van der Waals surface area (Å²) in [7, 11) is -0.428. The molecule has 2 aromatic carbocycles. The standard InChI is InChI=1S/C18H20BClO3/c1-17(2)18(3,4)23-19(22-17)13-10-11-16(15(20)12-13)21-14-8-6-5-7-9-14/h5-12H,1-4H3. The van der Waals surface area contributed by atoms with Gasteiger partial charge < -0.3 is 14.0 Å². The van der Waals surface area contributed by atoms with E-state index in [9.17, 15) is 0 Å². The monoisotopic (exact) mass is 330 g/mol.